The number of ether oxygens (including phenoxy) is 1. The zero-order valence-electron chi connectivity index (χ0n) is 18.3. The molecule has 0 aliphatic carbocycles. The fourth-order valence-corrected chi connectivity index (χ4v) is 4.95. The van der Waals surface area contributed by atoms with Gasteiger partial charge in [-0.25, -0.2) is 9.79 Å². The Labute approximate surface area is 184 Å². The number of aromatic nitrogens is 2. The van der Waals surface area contributed by atoms with Crippen molar-refractivity contribution in [3.63, 3.8) is 0 Å². The van der Waals surface area contributed by atoms with Gasteiger partial charge in [0.25, 0.3) is 5.56 Å². The molecule has 0 fully saturated rings. The van der Waals surface area contributed by atoms with E-state index < -0.39 is 12.0 Å². The second-order valence-corrected chi connectivity index (χ2v) is 8.61. The predicted molar refractivity (Wildman–Crippen MR) is 122 cm³/mol. The van der Waals surface area contributed by atoms with E-state index in [9.17, 15) is 9.59 Å². The van der Waals surface area contributed by atoms with E-state index in [1.54, 1.807) is 18.4 Å². The summed E-state index contributed by atoms with van der Waals surface area (Å²) in [5, 5.41) is 0. The molecule has 0 saturated carbocycles. The zero-order chi connectivity index (χ0) is 22.3. The van der Waals surface area contributed by atoms with Crippen molar-refractivity contribution in [2.75, 3.05) is 6.61 Å². The fraction of sp³-hybridized carbons (Fsp3) is 0.292. The summed E-state index contributed by atoms with van der Waals surface area (Å²) >= 11 is 1.34. The highest BCUT2D eigenvalue weighted by Gasteiger charge is 2.33. The average molecular weight is 436 g/mol. The maximum atomic E-state index is 13.5. The summed E-state index contributed by atoms with van der Waals surface area (Å²) in [6.07, 6.45) is 1.91. The number of aryl methyl sites for hydroxylation is 1. The van der Waals surface area contributed by atoms with E-state index >= 15 is 0 Å². The lowest BCUT2D eigenvalue weighted by molar-refractivity contribution is -0.139. The first-order valence-electron chi connectivity index (χ1n) is 10.2. The van der Waals surface area contributed by atoms with Gasteiger partial charge in [-0.15, -0.1) is 0 Å². The third-order valence-corrected chi connectivity index (χ3v) is 6.72. The van der Waals surface area contributed by atoms with Gasteiger partial charge in [0.1, 0.15) is 0 Å². The monoisotopic (exact) mass is 435 g/mol. The normalized spacial score (nSPS) is 16.3. The molecule has 1 aliphatic heterocycles. The first-order valence-corrected chi connectivity index (χ1v) is 11.0. The highest BCUT2D eigenvalue weighted by molar-refractivity contribution is 7.07. The van der Waals surface area contributed by atoms with Gasteiger partial charge in [0, 0.05) is 18.4 Å². The van der Waals surface area contributed by atoms with Gasteiger partial charge in [0.15, 0.2) is 4.80 Å². The lowest BCUT2D eigenvalue weighted by Crippen LogP contribution is -2.39. The number of rotatable bonds is 4. The second-order valence-electron chi connectivity index (χ2n) is 7.60. The van der Waals surface area contributed by atoms with Crippen molar-refractivity contribution < 1.29 is 9.53 Å². The van der Waals surface area contributed by atoms with E-state index in [1.165, 1.54) is 11.3 Å². The van der Waals surface area contributed by atoms with Crippen LogP contribution in [-0.2, 0) is 16.6 Å². The van der Waals surface area contributed by atoms with E-state index in [4.69, 9.17) is 4.74 Å². The molecule has 1 atom stereocenters. The number of hydrogen-bond donors (Lipinski definition) is 0. The number of carbonyl (C=O) groups is 1. The van der Waals surface area contributed by atoms with Crippen LogP contribution < -0.4 is 14.9 Å². The summed E-state index contributed by atoms with van der Waals surface area (Å²) in [5.74, 6) is -0.443. The largest absolute Gasteiger partial charge is 0.463 e. The number of nitrogens with zero attached hydrogens (tertiary/aromatic N) is 3. The number of thiazole rings is 1. The van der Waals surface area contributed by atoms with Crippen molar-refractivity contribution >= 4 is 23.4 Å². The number of benzene rings is 1. The molecule has 0 radical (unpaired) electrons. The van der Waals surface area contributed by atoms with E-state index in [-0.39, 0.29) is 12.2 Å². The highest BCUT2D eigenvalue weighted by atomic mass is 32.1. The summed E-state index contributed by atoms with van der Waals surface area (Å²) in [6.45, 7) is 7.89. The Morgan fingerprint density at radius 2 is 1.94 bits per heavy atom. The van der Waals surface area contributed by atoms with Gasteiger partial charge >= 0.3 is 5.97 Å². The number of hydrogen-bond acceptors (Lipinski definition) is 5. The molecule has 0 saturated heterocycles. The van der Waals surface area contributed by atoms with E-state index in [1.807, 2.05) is 57.3 Å². The third-order valence-electron chi connectivity index (χ3n) is 5.73. The Morgan fingerprint density at radius 3 is 2.55 bits per heavy atom. The molecule has 6 nitrogen and oxygen atoms in total. The summed E-state index contributed by atoms with van der Waals surface area (Å²) in [4.78, 5) is 31.6. The molecule has 1 aromatic carbocycles. The van der Waals surface area contributed by atoms with E-state index in [2.05, 4.69) is 15.6 Å². The zero-order valence-corrected chi connectivity index (χ0v) is 19.1. The van der Waals surface area contributed by atoms with E-state index in [0.29, 0.717) is 20.6 Å². The van der Waals surface area contributed by atoms with Crippen LogP contribution >= 0.6 is 11.3 Å². The quantitative estimate of drug-likeness (QED) is 0.592. The molecule has 0 spiro atoms. The molecule has 3 heterocycles. The minimum Gasteiger partial charge on any atom is -0.463 e. The molecule has 2 aromatic heterocycles. The maximum absolute atomic E-state index is 13.5. The Morgan fingerprint density at radius 1 is 1.23 bits per heavy atom. The molecule has 0 unspecified atom stereocenters. The standard InChI is InChI=1S/C24H25N3O3S/c1-6-30-23(29)20-15(3)25-24-27(21(20)17-10-8-7-9-11-17)22(28)19(31-24)13-18-12-14(2)26(5)16(18)4/h7-13,21H,6H2,1-5H3/b19-13+/t21-/m0/s1. The van der Waals surface area contributed by atoms with Crippen LogP contribution in [-0.4, -0.2) is 21.7 Å². The Bertz CT molecular complexity index is 1370. The molecular formula is C24H25N3O3S. The lowest BCUT2D eigenvalue weighted by atomic mass is 9.96. The molecule has 0 N–H and O–H groups in total. The van der Waals surface area contributed by atoms with Crippen LogP contribution in [0.15, 0.2) is 57.5 Å². The van der Waals surface area contributed by atoms with Crippen LogP contribution in [0.4, 0.5) is 0 Å². The molecular weight excluding hydrogens is 410 g/mol. The van der Waals surface area contributed by atoms with Crippen molar-refractivity contribution in [2.24, 2.45) is 12.0 Å². The molecule has 160 valence electrons. The van der Waals surface area contributed by atoms with Crippen LogP contribution in [0.5, 0.6) is 0 Å². The van der Waals surface area contributed by atoms with Crippen LogP contribution in [0, 0.1) is 13.8 Å². The predicted octanol–water partition coefficient (Wildman–Crippen LogP) is 2.75. The topological polar surface area (TPSA) is 65.6 Å². The Kier molecular flexibility index (Phi) is 5.54. The van der Waals surface area contributed by atoms with Gasteiger partial charge in [-0.3, -0.25) is 9.36 Å². The van der Waals surface area contributed by atoms with Crippen LogP contribution in [0.1, 0.15) is 42.4 Å². The number of carbonyl (C=O) groups excluding carboxylic acids is 1. The first-order chi connectivity index (χ1) is 14.8. The smallest absolute Gasteiger partial charge is 0.338 e. The van der Waals surface area contributed by atoms with Crippen molar-refractivity contribution in [1.29, 1.82) is 0 Å². The number of fused-ring (bicyclic) bond motifs is 1. The van der Waals surface area contributed by atoms with Crippen molar-refractivity contribution in [1.82, 2.24) is 9.13 Å². The van der Waals surface area contributed by atoms with Gasteiger partial charge in [-0.05, 0) is 51.0 Å². The fourth-order valence-electron chi connectivity index (χ4n) is 3.91. The van der Waals surface area contributed by atoms with Crippen LogP contribution in [0.3, 0.4) is 0 Å². The van der Waals surface area contributed by atoms with Gasteiger partial charge in [-0.2, -0.15) is 0 Å². The van der Waals surface area contributed by atoms with E-state index in [0.717, 1.165) is 22.5 Å². The number of esters is 1. The highest BCUT2D eigenvalue weighted by Crippen LogP contribution is 2.30. The van der Waals surface area contributed by atoms with Gasteiger partial charge in [-0.1, -0.05) is 41.7 Å². The maximum Gasteiger partial charge on any atom is 0.338 e. The van der Waals surface area contributed by atoms with Gasteiger partial charge in [0.2, 0.25) is 0 Å². The minimum atomic E-state index is -0.572. The molecule has 0 amide bonds. The third kappa shape index (κ3) is 3.59. The van der Waals surface area contributed by atoms with Gasteiger partial charge < -0.3 is 9.30 Å². The molecule has 4 rings (SSSR count). The van der Waals surface area contributed by atoms with Gasteiger partial charge in [0.05, 0.1) is 28.5 Å². The summed E-state index contributed by atoms with van der Waals surface area (Å²) in [7, 11) is 2.01. The Hall–Kier alpha value is -3.19. The van der Waals surface area contributed by atoms with Crippen molar-refractivity contribution in [3.8, 4) is 0 Å². The average Bonchev–Trinajstić information content (AvgIpc) is 3.18. The molecule has 1 aliphatic rings. The first kappa shape index (κ1) is 21.1. The van der Waals surface area contributed by atoms with Crippen LogP contribution in [0.25, 0.3) is 6.08 Å². The number of allylic oxidation sites excluding steroid dienone is 1. The minimum absolute atomic E-state index is 0.159. The Balaban J connectivity index is 1.97. The molecule has 7 heteroatoms. The molecule has 31 heavy (non-hydrogen) atoms. The van der Waals surface area contributed by atoms with Crippen molar-refractivity contribution in [2.45, 2.75) is 33.7 Å². The molecule has 3 aromatic rings. The van der Waals surface area contributed by atoms with Crippen molar-refractivity contribution in [3.05, 3.63) is 89.9 Å². The summed E-state index contributed by atoms with van der Waals surface area (Å²) < 4.78 is 9.62. The van der Waals surface area contributed by atoms with Crippen LogP contribution in [0.2, 0.25) is 0 Å². The SMILES string of the molecule is CCOC(=O)C1=C(C)N=c2s/c(=C/c3cc(C)n(C)c3C)c(=O)n2[C@H]1c1ccccc1. The summed E-state index contributed by atoms with van der Waals surface area (Å²) in [6, 6.07) is 11.1. The lowest BCUT2D eigenvalue weighted by Gasteiger charge is -2.24. The molecule has 0 bridgehead atoms. The summed E-state index contributed by atoms with van der Waals surface area (Å²) in [5.41, 5.74) is 4.88. The second kappa shape index (κ2) is 8.15.